The third-order valence-corrected chi connectivity index (χ3v) is 4.18. The molecule has 26 heavy (non-hydrogen) atoms. The molecule has 0 atom stereocenters. The number of hydrogen-bond donors (Lipinski definition) is 1. The number of rotatable bonds is 5. The van der Waals surface area contributed by atoms with E-state index in [1.54, 1.807) is 24.3 Å². The smallest absolute Gasteiger partial charge is 0.379 e. The number of esters is 1. The minimum absolute atomic E-state index is 0.0583. The van der Waals surface area contributed by atoms with Gasteiger partial charge >= 0.3 is 5.97 Å². The monoisotopic (exact) mass is 372 g/mol. The molecule has 1 aliphatic rings. The molecule has 2 aromatic rings. The van der Waals surface area contributed by atoms with Crippen LogP contribution in [0.1, 0.15) is 16.1 Å². The lowest BCUT2D eigenvalue weighted by Crippen LogP contribution is -2.36. The van der Waals surface area contributed by atoms with Gasteiger partial charge in [-0.15, -0.1) is 0 Å². The van der Waals surface area contributed by atoms with Gasteiger partial charge in [0.15, 0.2) is 0 Å². The maximum atomic E-state index is 12.2. The molecule has 2 N–H and O–H groups in total. The first-order valence-corrected chi connectivity index (χ1v) is 8.15. The molecule has 1 aliphatic heterocycles. The van der Waals surface area contributed by atoms with E-state index in [-0.39, 0.29) is 16.4 Å². The van der Waals surface area contributed by atoms with E-state index in [0.717, 1.165) is 4.90 Å². The summed E-state index contributed by atoms with van der Waals surface area (Å²) in [6, 6.07) is 9.44. The van der Waals surface area contributed by atoms with Crippen molar-refractivity contribution in [1.29, 1.82) is 0 Å². The van der Waals surface area contributed by atoms with Crippen molar-refractivity contribution in [2.45, 2.75) is 0 Å². The van der Waals surface area contributed by atoms with Crippen molar-refractivity contribution in [2.75, 3.05) is 6.54 Å². The Balaban J connectivity index is 1.77. The summed E-state index contributed by atoms with van der Waals surface area (Å²) in [5.41, 5.74) is 5.57. The maximum Gasteiger partial charge on any atom is 0.379 e. The number of primary amides is 1. The zero-order valence-electron chi connectivity index (χ0n) is 13.2. The molecule has 0 radical (unpaired) electrons. The molecule has 0 unspecified atom stereocenters. The number of carbonyl (C=O) groups excluding carboxylic acids is 4. The van der Waals surface area contributed by atoms with Gasteiger partial charge in [-0.05, 0) is 47.7 Å². The highest BCUT2D eigenvalue weighted by Crippen LogP contribution is 2.32. The largest absolute Gasteiger partial charge is 0.457 e. The highest BCUT2D eigenvalue weighted by Gasteiger charge is 2.35. The number of thioether (sulfide) groups is 1. The van der Waals surface area contributed by atoms with Gasteiger partial charge in [-0.2, -0.15) is 0 Å². The van der Waals surface area contributed by atoms with E-state index in [9.17, 15) is 19.2 Å². The molecule has 0 bridgehead atoms. The molecule has 1 fully saturated rings. The van der Waals surface area contributed by atoms with E-state index in [1.807, 2.05) is 0 Å². The van der Waals surface area contributed by atoms with Crippen molar-refractivity contribution in [3.8, 4) is 5.75 Å². The van der Waals surface area contributed by atoms with Crippen LogP contribution >= 0.6 is 11.8 Å². The molecule has 0 saturated carbocycles. The minimum atomic E-state index is -0.777. The van der Waals surface area contributed by atoms with E-state index in [1.165, 1.54) is 24.5 Å². The molecular formula is C17H12N2O6S. The van der Waals surface area contributed by atoms with Crippen LogP contribution in [0.25, 0.3) is 6.08 Å². The number of amides is 3. The summed E-state index contributed by atoms with van der Waals surface area (Å²) in [5.74, 6) is -1.73. The molecule has 9 heteroatoms. The Morgan fingerprint density at radius 3 is 2.73 bits per heavy atom. The lowest BCUT2D eigenvalue weighted by atomic mass is 10.2. The predicted molar refractivity (Wildman–Crippen MR) is 92.0 cm³/mol. The van der Waals surface area contributed by atoms with Crippen molar-refractivity contribution in [3.05, 3.63) is 58.9 Å². The molecule has 1 aromatic heterocycles. The first-order chi connectivity index (χ1) is 12.4. The number of nitrogens with two attached hydrogens (primary N) is 1. The van der Waals surface area contributed by atoms with E-state index >= 15 is 0 Å². The van der Waals surface area contributed by atoms with Crippen LogP contribution in [-0.2, 0) is 9.59 Å². The summed E-state index contributed by atoms with van der Waals surface area (Å²) in [4.78, 5) is 47.7. The summed E-state index contributed by atoms with van der Waals surface area (Å²) < 4.78 is 10.2. The molecule has 3 amide bonds. The van der Waals surface area contributed by atoms with Gasteiger partial charge in [0, 0.05) is 0 Å². The zero-order chi connectivity index (χ0) is 18.7. The number of furan rings is 1. The predicted octanol–water partition coefficient (Wildman–Crippen LogP) is 2.02. The van der Waals surface area contributed by atoms with Gasteiger partial charge in [-0.3, -0.25) is 19.3 Å². The van der Waals surface area contributed by atoms with Gasteiger partial charge in [0.25, 0.3) is 11.1 Å². The third-order valence-electron chi connectivity index (χ3n) is 3.28. The average molecular weight is 372 g/mol. The number of nitrogens with zero attached hydrogens (tertiary/aromatic N) is 1. The number of benzene rings is 1. The Bertz CT molecular complexity index is 919. The van der Waals surface area contributed by atoms with Crippen LogP contribution in [0.2, 0.25) is 0 Å². The van der Waals surface area contributed by atoms with Crippen LogP contribution in [0, 0.1) is 0 Å². The van der Waals surface area contributed by atoms with Crippen LogP contribution < -0.4 is 10.5 Å². The van der Waals surface area contributed by atoms with E-state index in [2.05, 4.69) is 0 Å². The summed E-state index contributed by atoms with van der Waals surface area (Å²) in [6.45, 7) is -0.469. The molecule has 1 saturated heterocycles. The van der Waals surface area contributed by atoms with Crippen molar-refractivity contribution >= 4 is 40.9 Å². The first kappa shape index (κ1) is 17.5. The fourth-order valence-electron chi connectivity index (χ4n) is 2.16. The fourth-order valence-corrected chi connectivity index (χ4v) is 3.00. The first-order valence-electron chi connectivity index (χ1n) is 7.33. The Kier molecular flexibility index (Phi) is 4.90. The van der Waals surface area contributed by atoms with Crippen molar-refractivity contribution in [2.24, 2.45) is 5.73 Å². The quantitative estimate of drug-likeness (QED) is 0.484. The molecule has 3 rings (SSSR count). The zero-order valence-corrected chi connectivity index (χ0v) is 14.0. The van der Waals surface area contributed by atoms with Crippen molar-refractivity contribution in [1.82, 2.24) is 4.90 Å². The topological polar surface area (TPSA) is 120 Å². The highest BCUT2D eigenvalue weighted by atomic mass is 32.2. The molecule has 0 aliphatic carbocycles. The molecule has 8 nitrogen and oxygen atoms in total. The fraction of sp³-hybridized carbons (Fsp3) is 0.0588. The standard InChI is InChI=1S/C17H12N2O6S/c18-14(20)9-19-15(21)13(26-17(19)23)8-10-3-1-4-11(7-10)25-16(22)12-5-2-6-24-12/h1-8H,9H2,(H2,18,20)/b13-8-. The Labute approximate surface area is 151 Å². The van der Waals surface area contributed by atoms with Gasteiger partial charge in [0.05, 0.1) is 11.2 Å². The van der Waals surface area contributed by atoms with Gasteiger partial charge in [-0.25, -0.2) is 4.79 Å². The number of ether oxygens (including phenoxy) is 1. The average Bonchev–Trinajstić information content (AvgIpc) is 3.20. The molecule has 1 aromatic carbocycles. The summed E-state index contributed by atoms with van der Waals surface area (Å²) in [6.07, 6.45) is 2.82. The van der Waals surface area contributed by atoms with Gasteiger partial charge < -0.3 is 14.9 Å². The second-order valence-electron chi connectivity index (χ2n) is 5.17. The van der Waals surface area contributed by atoms with Gasteiger partial charge in [0.2, 0.25) is 11.7 Å². The highest BCUT2D eigenvalue weighted by molar-refractivity contribution is 8.18. The van der Waals surface area contributed by atoms with E-state index in [4.69, 9.17) is 14.9 Å². The Morgan fingerprint density at radius 2 is 2.04 bits per heavy atom. The molecule has 132 valence electrons. The Morgan fingerprint density at radius 1 is 1.23 bits per heavy atom. The van der Waals surface area contributed by atoms with Crippen LogP contribution in [0.3, 0.4) is 0 Å². The van der Waals surface area contributed by atoms with Crippen molar-refractivity contribution < 1.29 is 28.3 Å². The van der Waals surface area contributed by atoms with Crippen molar-refractivity contribution in [3.63, 3.8) is 0 Å². The van der Waals surface area contributed by atoms with Crippen LogP contribution in [0.4, 0.5) is 4.79 Å². The third kappa shape index (κ3) is 3.83. The van der Waals surface area contributed by atoms with Crippen LogP contribution in [-0.4, -0.2) is 34.5 Å². The normalized spacial score (nSPS) is 15.5. The van der Waals surface area contributed by atoms with Crippen LogP contribution in [0.15, 0.2) is 52.0 Å². The number of hydrogen-bond acceptors (Lipinski definition) is 7. The second-order valence-corrected chi connectivity index (χ2v) is 6.17. The van der Waals surface area contributed by atoms with Crippen LogP contribution in [0.5, 0.6) is 5.75 Å². The minimum Gasteiger partial charge on any atom is -0.457 e. The molecule has 2 heterocycles. The lowest BCUT2D eigenvalue weighted by molar-refractivity contribution is -0.127. The number of carbonyl (C=O) groups is 4. The molecular weight excluding hydrogens is 360 g/mol. The maximum absolute atomic E-state index is 12.2. The van der Waals surface area contributed by atoms with E-state index < -0.39 is 29.6 Å². The SMILES string of the molecule is NC(=O)CN1C(=O)S/C(=C\c2cccc(OC(=O)c3ccco3)c2)C1=O. The van der Waals surface area contributed by atoms with Gasteiger partial charge in [-0.1, -0.05) is 12.1 Å². The van der Waals surface area contributed by atoms with E-state index in [0.29, 0.717) is 17.3 Å². The Hall–Kier alpha value is -3.33. The second kappa shape index (κ2) is 7.28. The summed E-state index contributed by atoms with van der Waals surface area (Å²) in [5, 5.41) is -0.569. The summed E-state index contributed by atoms with van der Waals surface area (Å²) >= 11 is 0.704. The molecule has 0 spiro atoms. The van der Waals surface area contributed by atoms with Gasteiger partial charge in [0.1, 0.15) is 12.3 Å². The lowest BCUT2D eigenvalue weighted by Gasteiger charge is -2.08. The summed E-state index contributed by atoms with van der Waals surface area (Å²) in [7, 11) is 0. The number of imide groups is 1.